The first-order valence-corrected chi connectivity index (χ1v) is 8.91. The summed E-state index contributed by atoms with van der Waals surface area (Å²) in [6.45, 7) is 0.520. The molecule has 5 nitrogen and oxygen atoms in total. The summed E-state index contributed by atoms with van der Waals surface area (Å²) in [5, 5.41) is 7.39. The summed E-state index contributed by atoms with van der Waals surface area (Å²) in [4.78, 5) is 0. The Morgan fingerprint density at radius 2 is 2.04 bits per heavy atom. The van der Waals surface area contributed by atoms with E-state index < -0.39 is 0 Å². The monoisotopic (exact) mass is 497 g/mol. The van der Waals surface area contributed by atoms with Crippen molar-refractivity contribution < 1.29 is 9.15 Å². The Hall–Kier alpha value is -1.87. The Balaban J connectivity index is 1.67. The second kappa shape index (κ2) is 7.80. The molecule has 0 atom stereocenters. The maximum Gasteiger partial charge on any atom is 0.313 e. The van der Waals surface area contributed by atoms with Crippen molar-refractivity contribution in [2.75, 3.05) is 5.73 Å². The average Bonchev–Trinajstić information content (AvgIpc) is 2.98. The normalized spacial score (nSPS) is 11.1. The molecule has 0 spiro atoms. The first-order valence-electron chi connectivity index (χ1n) is 7.04. The lowest BCUT2D eigenvalue weighted by Crippen LogP contribution is -1.97. The highest BCUT2D eigenvalue weighted by molar-refractivity contribution is 14.1. The minimum absolute atomic E-state index is 0.0560. The fraction of sp³-hybridized carbons (Fsp3) is 0.0588. The molecule has 0 aliphatic carbocycles. The van der Waals surface area contributed by atoms with Gasteiger partial charge in [-0.3, -0.25) is 0 Å². The van der Waals surface area contributed by atoms with Crippen molar-refractivity contribution in [2.45, 2.75) is 6.61 Å². The third-order valence-corrected chi connectivity index (χ3v) is 4.45. The number of nitrogen functional groups attached to an aromatic ring is 1. The fourth-order valence-corrected chi connectivity index (χ4v) is 3.15. The molecule has 1 heterocycles. The number of halogens is 2. The highest BCUT2D eigenvalue weighted by Crippen LogP contribution is 2.24. The van der Waals surface area contributed by atoms with Gasteiger partial charge in [-0.2, -0.15) is 0 Å². The van der Waals surface area contributed by atoms with E-state index in [2.05, 4.69) is 48.7 Å². The number of hydrogen-bond acceptors (Lipinski definition) is 5. The van der Waals surface area contributed by atoms with Gasteiger partial charge < -0.3 is 14.9 Å². The van der Waals surface area contributed by atoms with Crippen LogP contribution in [0.4, 0.5) is 6.01 Å². The van der Waals surface area contributed by atoms with E-state index in [0.29, 0.717) is 12.5 Å². The molecule has 2 N–H and O–H groups in total. The molecule has 0 radical (unpaired) electrons. The van der Waals surface area contributed by atoms with Crippen molar-refractivity contribution in [3.05, 3.63) is 67.5 Å². The van der Waals surface area contributed by atoms with Crippen LogP contribution in [0, 0.1) is 3.57 Å². The number of rotatable bonds is 5. The predicted molar refractivity (Wildman–Crippen MR) is 105 cm³/mol. The molecule has 122 valence electrons. The molecule has 0 amide bonds. The van der Waals surface area contributed by atoms with Gasteiger partial charge in [0.15, 0.2) is 0 Å². The van der Waals surface area contributed by atoms with Crippen LogP contribution in [-0.2, 0) is 6.61 Å². The van der Waals surface area contributed by atoms with Gasteiger partial charge in [-0.05, 0) is 64.1 Å². The van der Waals surface area contributed by atoms with Crippen LogP contribution >= 0.6 is 38.5 Å². The van der Waals surface area contributed by atoms with Crippen LogP contribution in [0.15, 0.2) is 51.4 Å². The fourth-order valence-electron chi connectivity index (χ4n) is 2.01. The van der Waals surface area contributed by atoms with Crippen molar-refractivity contribution in [2.24, 2.45) is 0 Å². The number of nitrogens with zero attached hydrogens (tertiary/aromatic N) is 2. The highest BCUT2D eigenvalue weighted by Gasteiger charge is 2.03. The zero-order chi connectivity index (χ0) is 16.9. The number of benzene rings is 2. The largest absolute Gasteiger partial charge is 0.488 e. The van der Waals surface area contributed by atoms with E-state index in [9.17, 15) is 0 Å². The van der Waals surface area contributed by atoms with E-state index in [0.717, 1.165) is 24.9 Å². The Kier molecular flexibility index (Phi) is 5.52. The lowest BCUT2D eigenvalue weighted by molar-refractivity contribution is 0.304. The SMILES string of the molecule is Nc1nnc(/C=C/c2ccc(OCc3cccc(Br)c3)c(I)c2)o1. The van der Waals surface area contributed by atoms with Crippen molar-refractivity contribution >= 4 is 56.7 Å². The van der Waals surface area contributed by atoms with Crippen LogP contribution in [0.2, 0.25) is 0 Å². The molecule has 0 bridgehead atoms. The zero-order valence-electron chi connectivity index (χ0n) is 12.4. The van der Waals surface area contributed by atoms with E-state index in [-0.39, 0.29) is 6.01 Å². The minimum atomic E-state index is 0.0560. The van der Waals surface area contributed by atoms with Gasteiger partial charge in [0.1, 0.15) is 12.4 Å². The summed E-state index contributed by atoms with van der Waals surface area (Å²) < 4.78 is 13.0. The number of hydrogen-bond donors (Lipinski definition) is 1. The van der Waals surface area contributed by atoms with Gasteiger partial charge in [0.2, 0.25) is 5.89 Å². The van der Waals surface area contributed by atoms with Gasteiger partial charge in [0.05, 0.1) is 3.57 Å². The lowest BCUT2D eigenvalue weighted by atomic mass is 10.2. The molecule has 0 fully saturated rings. The molecule has 7 heteroatoms. The summed E-state index contributed by atoms with van der Waals surface area (Å²) >= 11 is 5.72. The quantitative estimate of drug-likeness (QED) is 0.514. The molecular weight excluding hydrogens is 485 g/mol. The maximum absolute atomic E-state index is 5.89. The predicted octanol–water partition coefficient (Wildman–Crippen LogP) is 4.77. The van der Waals surface area contributed by atoms with Crippen molar-refractivity contribution in [1.82, 2.24) is 10.2 Å². The van der Waals surface area contributed by atoms with Crippen LogP contribution in [0.1, 0.15) is 17.0 Å². The molecular formula is C17H13BrIN3O2. The Bertz CT molecular complexity index is 880. The maximum atomic E-state index is 5.89. The van der Waals surface area contributed by atoms with Crippen LogP contribution in [0.5, 0.6) is 5.75 Å². The van der Waals surface area contributed by atoms with Crippen molar-refractivity contribution in [3.63, 3.8) is 0 Å². The van der Waals surface area contributed by atoms with Gasteiger partial charge >= 0.3 is 6.01 Å². The lowest BCUT2D eigenvalue weighted by Gasteiger charge is -2.09. The van der Waals surface area contributed by atoms with Gasteiger partial charge in [-0.25, -0.2) is 0 Å². The van der Waals surface area contributed by atoms with Gasteiger partial charge in [0, 0.05) is 10.5 Å². The number of anilines is 1. The summed E-state index contributed by atoms with van der Waals surface area (Å²) in [5.74, 6) is 1.22. The molecule has 1 aromatic heterocycles. The van der Waals surface area contributed by atoms with Gasteiger partial charge in [-0.15, -0.1) is 5.10 Å². The smallest absolute Gasteiger partial charge is 0.313 e. The molecule has 0 aliphatic heterocycles. The van der Waals surface area contributed by atoms with Crippen molar-refractivity contribution in [3.8, 4) is 5.75 Å². The van der Waals surface area contributed by atoms with E-state index >= 15 is 0 Å². The second-order valence-electron chi connectivity index (χ2n) is 4.92. The van der Waals surface area contributed by atoms with Crippen LogP contribution < -0.4 is 10.5 Å². The summed E-state index contributed by atoms with van der Waals surface area (Å²) in [5.41, 5.74) is 7.50. The Morgan fingerprint density at radius 1 is 1.17 bits per heavy atom. The molecule has 0 aliphatic rings. The van der Waals surface area contributed by atoms with Crippen LogP contribution in [-0.4, -0.2) is 10.2 Å². The topological polar surface area (TPSA) is 74.2 Å². The standard InChI is InChI=1S/C17H13BrIN3O2/c18-13-3-1-2-12(8-13)10-23-15-6-4-11(9-14(15)19)5-7-16-21-22-17(20)24-16/h1-9H,10H2,(H2,20,22)/b7-5+. The minimum Gasteiger partial charge on any atom is -0.488 e. The van der Waals surface area contributed by atoms with E-state index in [4.69, 9.17) is 14.9 Å². The summed E-state index contributed by atoms with van der Waals surface area (Å²) in [7, 11) is 0. The summed E-state index contributed by atoms with van der Waals surface area (Å²) in [6.07, 6.45) is 3.60. The average molecular weight is 498 g/mol. The number of nitrogens with two attached hydrogens (primary N) is 1. The first-order chi connectivity index (χ1) is 11.6. The van der Waals surface area contributed by atoms with Crippen molar-refractivity contribution in [1.29, 1.82) is 0 Å². The Labute approximate surface area is 161 Å². The van der Waals surface area contributed by atoms with E-state index in [1.807, 2.05) is 48.5 Å². The molecule has 0 unspecified atom stereocenters. The molecule has 2 aromatic carbocycles. The van der Waals surface area contributed by atoms with Crippen LogP contribution in [0.25, 0.3) is 12.2 Å². The van der Waals surface area contributed by atoms with Gasteiger partial charge in [-0.1, -0.05) is 39.2 Å². The summed E-state index contributed by atoms with van der Waals surface area (Å²) in [6, 6.07) is 14.0. The Morgan fingerprint density at radius 3 is 2.75 bits per heavy atom. The molecule has 3 aromatic rings. The number of aromatic nitrogens is 2. The molecule has 24 heavy (non-hydrogen) atoms. The zero-order valence-corrected chi connectivity index (χ0v) is 16.2. The van der Waals surface area contributed by atoms with Crippen LogP contribution in [0.3, 0.4) is 0 Å². The second-order valence-corrected chi connectivity index (χ2v) is 7.00. The van der Waals surface area contributed by atoms with E-state index in [1.165, 1.54) is 0 Å². The van der Waals surface area contributed by atoms with E-state index in [1.54, 1.807) is 6.08 Å². The van der Waals surface area contributed by atoms with Gasteiger partial charge in [0.25, 0.3) is 0 Å². The third kappa shape index (κ3) is 4.57. The third-order valence-electron chi connectivity index (χ3n) is 3.11. The molecule has 0 saturated heterocycles. The highest BCUT2D eigenvalue weighted by atomic mass is 127. The molecule has 0 saturated carbocycles. The first kappa shape index (κ1) is 17.0. The molecule has 3 rings (SSSR count). The number of ether oxygens (including phenoxy) is 1.